The Morgan fingerprint density at radius 3 is 3.17 bits per heavy atom. The molecule has 6 heteroatoms. The van der Waals surface area contributed by atoms with Crippen molar-refractivity contribution in [2.24, 2.45) is 0 Å². The highest BCUT2D eigenvalue weighted by Gasteiger charge is 2.25. The summed E-state index contributed by atoms with van der Waals surface area (Å²) in [4.78, 5) is 5.58. The standard InChI is InChI=1S/C12H14BrN3OS/c1-7-4-8(2-3-14-7)12-15-11(16-17-12)10-5-9(13)6-18-10/h5-8,14H,2-4H2,1H3/t7-,8-/m0/s1. The summed E-state index contributed by atoms with van der Waals surface area (Å²) in [5.74, 6) is 1.88. The largest absolute Gasteiger partial charge is 0.339 e. The molecule has 0 bridgehead atoms. The van der Waals surface area contributed by atoms with Gasteiger partial charge in [-0.25, -0.2) is 0 Å². The molecular formula is C12H14BrN3OS. The fourth-order valence-electron chi connectivity index (χ4n) is 2.29. The van der Waals surface area contributed by atoms with Gasteiger partial charge in [0, 0.05) is 21.8 Å². The van der Waals surface area contributed by atoms with E-state index in [4.69, 9.17) is 4.52 Å². The molecule has 3 heterocycles. The monoisotopic (exact) mass is 327 g/mol. The van der Waals surface area contributed by atoms with Gasteiger partial charge >= 0.3 is 0 Å². The van der Waals surface area contributed by atoms with Crippen molar-refractivity contribution in [3.05, 3.63) is 21.8 Å². The number of aromatic nitrogens is 2. The number of halogens is 1. The Morgan fingerprint density at radius 1 is 1.56 bits per heavy atom. The zero-order valence-corrected chi connectivity index (χ0v) is 12.4. The maximum atomic E-state index is 5.42. The fourth-order valence-corrected chi connectivity index (χ4v) is 3.64. The molecule has 0 saturated carbocycles. The first kappa shape index (κ1) is 12.3. The van der Waals surface area contributed by atoms with Crippen LogP contribution in [0, 0.1) is 0 Å². The first-order valence-electron chi connectivity index (χ1n) is 6.04. The SMILES string of the molecule is C[C@H]1C[C@@H](c2nc(-c3cc(Br)cs3)no2)CCN1. The quantitative estimate of drug-likeness (QED) is 0.918. The predicted octanol–water partition coefficient (Wildman–Crippen LogP) is 3.42. The summed E-state index contributed by atoms with van der Waals surface area (Å²) in [6.07, 6.45) is 2.13. The van der Waals surface area contributed by atoms with E-state index in [1.807, 2.05) is 11.4 Å². The molecule has 0 radical (unpaired) electrons. The maximum Gasteiger partial charge on any atom is 0.230 e. The summed E-state index contributed by atoms with van der Waals surface area (Å²) < 4.78 is 6.48. The number of hydrogen-bond donors (Lipinski definition) is 1. The summed E-state index contributed by atoms with van der Waals surface area (Å²) in [6, 6.07) is 2.54. The summed E-state index contributed by atoms with van der Waals surface area (Å²) in [5, 5.41) is 9.54. The predicted molar refractivity (Wildman–Crippen MR) is 74.8 cm³/mol. The number of piperidine rings is 1. The average Bonchev–Trinajstić information content (AvgIpc) is 2.97. The van der Waals surface area contributed by atoms with Gasteiger partial charge in [0.25, 0.3) is 0 Å². The lowest BCUT2D eigenvalue weighted by atomic mass is 9.93. The second-order valence-corrected chi connectivity index (χ2v) is 6.49. The van der Waals surface area contributed by atoms with Gasteiger partial charge in [-0.05, 0) is 48.3 Å². The maximum absolute atomic E-state index is 5.42. The van der Waals surface area contributed by atoms with Gasteiger partial charge in [-0.2, -0.15) is 4.98 Å². The topological polar surface area (TPSA) is 51.0 Å². The average molecular weight is 328 g/mol. The van der Waals surface area contributed by atoms with Crippen LogP contribution in [-0.4, -0.2) is 22.7 Å². The van der Waals surface area contributed by atoms with Crippen molar-refractivity contribution in [3.63, 3.8) is 0 Å². The molecule has 1 saturated heterocycles. The van der Waals surface area contributed by atoms with Gasteiger partial charge in [-0.1, -0.05) is 5.16 Å². The van der Waals surface area contributed by atoms with Crippen LogP contribution in [0.5, 0.6) is 0 Å². The van der Waals surface area contributed by atoms with Crippen molar-refractivity contribution in [1.82, 2.24) is 15.5 Å². The van der Waals surface area contributed by atoms with E-state index >= 15 is 0 Å². The van der Waals surface area contributed by atoms with Gasteiger partial charge in [-0.3, -0.25) is 0 Å². The minimum absolute atomic E-state index is 0.394. The van der Waals surface area contributed by atoms with Gasteiger partial charge < -0.3 is 9.84 Å². The van der Waals surface area contributed by atoms with Crippen LogP contribution in [0.2, 0.25) is 0 Å². The van der Waals surface area contributed by atoms with Crippen LogP contribution in [0.4, 0.5) is 0 Å². The van der Waals surface area contributed by atoms with Crippen molar-refractivity contribution < 1.29 is 4.52 Å². The summed E-state index contributed by atoms with van der Waals surface area (Å²) >= 11 is 5.06. The molecule has 0 spiro atoms. The van der Waals surface area contributed by atoms with Crippen LogP contribution in [0.25, 0.3) is 10.7 Å². The fraction of sp³-hybridized carbons (Fsp3) is 0.500. The lowest BCUT2D eigenvalue weighted by Gasteiger charge is -2.25. The zero-order chi connectivity index (χ0) is 12.5. The molecule has 18 heavy (non-hydrogen) atoms. The minimum Gasteiger partial charge on any atom is -0.339 e. The molecule has 2 aromatic heterocycles. The highest BCUT2D eigenvalue weighted by atomic mass is 79.9. The summed E-state index contributed by atoms with van der Waals surface area (Å²) in [5.41, 5.74) is 0. The minimum atomic E-state index is 0.394. The van der Waals surface area contributed by atoms with E-state index in [9.17, 15) is 0 Å². The highest BCUT2D eigenvalue weighted by Crippen LogP contribution is 2.31. The van der Waals surface area contributed by atoms with Crippen molar-refractivity contribution >= 4 is 27.3 Å². The van der Waals surface area contributed by atoms with Crippen LogP contribution in [0.3, 0.4) is 0 Å². The van der Waals surface area contributed by atoms with Crippen LogP contribution in [0.1, 0.15) is 31.6 Å². The van der Waals surface area contributed by atoms with E-state index in [0.29, 0.717) is 17.8 Å². The third kappa shape index (κ3) is 2.50. The molecule has 0 amide bonds. The molecule has 0 aliphatic carbocycles. The summed E-state index contributed by atoms with van der Waals surface area (Å²) in [7, 11) is 0. The number of hydrogen-bond acceptors (Lipinski definition) is 5. The molecule has 4 nitrogen and oxygen atoms in total. The van der Waals surface area contributed by atoms with Crippen molar-refractivity contribution in [3.8, 4) is 10.7 Å². The van der Waals surface area contributed by atoms with Gasteiger partial charge in [-0.15, -0.1) is 11.3 Å². The lowest BCUT2D eigenvalue weighted by molar-refractivity contribution is 0.295. The number of rotatable bonds is 2. The molecule has 2 atom stereocenters. The molecule has 0 aromatic carbocycles. The normalized spacial score (nSPS) is 24.3. The van der Waals surface area contributed by atoms with Crippen molar-refractivity contribution in [2.45, 2.75) is 31.7 Å². The van der Waals surface area contributed by atoms with Crippen molar-refractivity contribution in [2.75, 3.05) is 6.54 Å². The van der Waals surface area contributed by atoms with E-state index in [1.54, 1.807) is 11.3 Å². The van der Waals surface area contributed by atoms with E-state index < -0.39 is 0 Å². The number of thiophene rings is 1. The van der Waals surface area contributed by atoms with E-state index in [2.05, 4.69) is 38.3 Å². The number of nitrogens with one attached hydrogen (secondary N) is 1. The molecule has 3 rings (SSSR count). The van der Waals surface area contributed by atoms with Crippen molar-refractivity contribution in [1.29, 1.82) is 0 Å². The molecule has 1 fully saturated rings. The molecule has 1 aliphatic rings. The lowest BCUT2D eigenvalue weighted by Crippen LogP contribution is -2.34. The summed E-state index contributed by atoms with van der Waals surface area (Å²) in [6.45, 7) is 3.22. The van der Waals surface area contributed by atoms with E-state index in [-0.39, 0.29) is 0 Å². The Kier molecular flexibility index (Phi) is 3.50. The van der Waals surface area contributed by atoms with Crippen LogP contribution >= 0.6 is 27.3 Å². The second-order valence-electron chi connectivity index (χ2n) is 4.66. The third-order valence-corrected chi connectivity index (χ3v) is 4.89. The van der Waals surface area contributed by atoms with Gasteiger partial charge in [0.15, 0.2) is 0 Å². The Morgan fingerprint density at radius 2 is 2.44 bits per heavy atom. The zero-order valence-electron chi connectivity index (χ0n) is 10.0. The van der Waals surface area contributed by atoms with E-state index in [1.165, 1.54) is 0 Å². The Labute approximate surface area is 118 Å². The molecule has 1 aliphatic heterocycles. The van der Waals surface area contributed by atoms with Crippen LogP contribution in [0.15, 0.2) is 20.4 Å². The van der Waals surface area contributed by atoms with Gasteiger partial charge in [0.1, 0.15) is 0 Å². The molecule has 96 valence electrons. The van der Waals surface area contributed by atoms with Gasteiger partial charge in [0.05, 0.1) is 4.88 Å². The third-order valence-electron chi connectivity index (χ3n) is 3.20. The van der Waals surface area contributed by atoms with Crippen LogP contribution < -0.4 is 5.32 Å². The first-order chi connectivity index (χ1) is 8.72. The Hall–Kier alpha value is -0.720. The smallest absolute Gasteiger partial charge is 0.230 e. The first-order valence-corrected chi connectivity index (χ1v) is 7.71. The van der Waals surface area contributed by atoms with Crippen LogP contribution in [-0.2, 0) is 0 Å². The molecule has 2 aromatic rings. The van der Waals surface area contributed by atoms with E-state index in [0.717, 1.165) is 34.6 Å². The highest BCUT2D eigenvalue weighted by molar-refractivity contribution is 9.10. The Bertz CT molecular complexity index is 539. The number of nitrogens with zero attached hydrogens (tertiary/aromatic N) is 2. The second kappa shape index (κ2) is 5.11. The van der Waals surface area contributed by atoms with Gasteiger partial charge in [0.2, 0.25) is 11.7 Å². The Balaban J connectivity index is 1.80. The molecule has 1 N–H and O–H groups in total. The molecular weight excluding hydrogens is 314 g/mol. The molecule has 0 unspecified atom stereocenters.